The molecule has 7 heteroatoms. The molecule has 0 aromatic heterocycles. The summed E-state index contributed by atoms with van der Waals surface area (Å²) in [5, 5.41) is 8.57. The molecule has 2 unspecified atom stereocenters. The maximum absolute atomic E-state index is 12.3. The Morgan fingerprint density at radius 3 is 2.00 bits per heavy atom. The molecular weight excluding hydrogens is 229 g/mol. The van der Waals surface area contributed by atoms with Crippen LogP contribution in [0.4, 0.5) is 13.2 Å². The molecular formula is C9H11F3O4. The van der Waals surface area contributed by atoms with Crippen LogP contribution in [0.1, 0.15) is 19.3 Å². The standard InChI is InChI=1S/C9H11F3O4/c10-9(11,12)7(2-4-14)5-6(1-3-13)8(15)16/h3-4,6-7H,1-2,5H2,(H,15,16). The Bertz CT molecular complexity index is 262. The fourth-order valence-corrected chi connectivity index (χ4v) is 1.24. The lowest BCUT2D eigenvalue weighted by Gasteiger charge is -2.20. The normalized spacial score (nSPS) is 15.2. The number of aliphatic carboxylic acids is 1. The Hall–Kier alpha value is -1.40. The molecule has 4 nitrogen and oxygen atoms in total. The number of rotatable bonds is 7. The first kappa shape index (κ1) is 14.6. The number of hydrogen-bond donors (Lipinski definition) is 1. The van der Waals surface area contributed by atoms with Gasteiger partial charge in [0.25, 0.3) is 0 Å². The summed E-state index contributed by atoms with van der Waals surface area (Å²) in [5.41, 5.74) is 0. The number of carboxylic acid groups (broad SMARTS) is 1. The lowest BCUT2D eigenvalue weighted by molar-refractivity contribution is -0.183. The zero-order chi connectivity index (χ0) is 12.8. The first-order chi connectivity index (χ1) is 7.32. The van der Waals surface area contributed by atoms with Crippen LogP contribution in [-0.4, -0.2) is 29.8 Å². The Balaban J connectivity index is 4.63. The molecule has 0 saturated heterocycles. The Kier molecular flexibility index (Phi) is 5.69. The summed E-state index contributed by atoms with van der Waals surface area (Å²) >= 11 is 0. The molecule has 0 spiro atoms. The van der Waals surface area contributed by atoms with Gasteiger partial charge in [0.15, 0.2) is 0 Å². The highest BCUT2D eigenvalue weighted by molar-refractivity contribution is 5.73. The van der Waals surface area contributed by atoms with E-state index in [1.807, 2.05) is 0 Å². The van der Waals surface area contributed by atoms with E-state index in [0.717, 1.165) is 0 Å². The van der Waals surface area contributed by atoms with Crippen LogP contribution in [0.25, 0.3) is 0 Å². The van der Waals surface area contributed by atoms with Gasteiger partial charge in [-0.05, 0) is 6.42 Å². The topological polar surface area (TPSA) is 71.4 Å². The van der Waals surface area contributed by atoms with Crippen LogP contribution in [0, 0.1) is 11.8 Å². The van der Waals surface area contributed by atoms with E-state index in [2.05, 4.69) is 0 Å². The summed E-state index contributed by atoms with van der Waals surface area (Å²) in [6, 6.07) is 0. The molecule has 0 aromatic carbocycles. The maximum Gasteiger partial charge on any atom is 0.392 e. The molecule has 0 aromatic rings. The Morgan fingerprint density at radius 1 is 1.19 bits per heavy atom. The van der Waals surface area contributed by atoms with Crippen molar-refractivity contribution >= 4 is 18.5 Å². The highest BCUT2D eigenvalue weighted by Gasteiger charge is 2.41. The van der Waals surface area contributed by atoms with Gasteiger partial charge in [0.1, 0.15) is 12.6 Å². The number of carbonyl (C=O) groups excluding carboxylic acids is 2. The van der Waals surface area contributed by atoms with Crippen molar-refractivity contribution in [3.05, 3.63) is 0 Å². The lowest BCUT2D eigenvalue weighted by Crippen LogP contribution is -2.28. The third-order valence-corrected chi connectivity index (χ3v) is 2.14. The van der Waals surface area contributed by atoms with Crippen molar-refractivity contribution in [2.24, 2.45) is 11.8 Å². The number of carbonyl (C=O) groups is 3. The SMILES string of the molecule is O=CCC(CC(CC=O)C(F)(F)F)C(=O)O. The molecule has 0 amide bonds. The maximum atomic E-state index is 12.3. The molecule has 92 valence electrons. The summed E-state index contributed by atoms with van der Waals surface area (Å²) < 4.78 is 37.0. The molecule has 16 heavy (non-hydrogen) atoms. The number of alkyl halides is 3. The van der Waals surface area contributed by atoms with Gasteiger partial charge in [-0.25, -0.2) is 0 Å². The van der Waals surface area contributed by atoms with Gasteiger partial charge >= 0.3 is 12.1 Å². The Labute approximate surface area is 89.4 Å². The molecule has 1 N–H and O–H groups in total. The largest absolute Gasteiger partial charge is 0.481 e. The second-order valence-electron chi connectivity index (χ2n) is 3.31. The third kappa shape index (κ3) is 4.90. The molecule has 2 atom stereocenters. The minimum absolute atomic E-state index is 0.0952. The van der Waals surface area contributed by atoms with Crippen molar-refractivity contribution < 1.29 is 32.7 Å². The first-order valence-corrected chi connectivity index (χ1v) is 4.49. The minimum atomic E-state index is -4.63. The second kappa shape index (κ2) is 6.24. The molecule has 0 heterocycles. The molecule has 0 saturated carbocycles. The van der Waals surface area contributed by atoms with Crippen molar-refractivity contribution in [3.8, 4) is 0 Å². The van der Waals surface area contributed by atoms with E-state index in [0.29, 0.717) is 0 Å². The average Bonchev–Trinajstić information content (AvgIpc) is 2.14. The van der Waals surface area contributed by atoms with E-state index in [-0.39, 0.29) is 12.6 Å². The fraction of sp³-hybridized carbons (Fsp3) is 0.667. The van der Waals surface area contributed by atoms with Crippen LogP contribution < -0.4 is 0 Å². The van der Waals surface area contributed by atoms with Gasteiger partial charge in [-0.15, -0.1) is 0 Å². The van der Waals surface area contributed by atoms with E-state index in [9.17, 15) is 27.6 Å². The summed E-state index contributed by atoms with van der Waals surface area (Å²) in [6.45, 7) is 0. The van der Waals surface area contributed by atoms with Gasteiger partial charge in [-0.1, -0.05) is 0 Å². The fourth-order valence-electron chi connectivity index (χ4n) is 1.24. The smallest absolute Gasteiger partial charge is 0.392 e. The van der Waals surface area contributed by atoms with Crippen LogP contribution in [0.5, 0.6) is 0 Å². The van der Waals surface area contributed by atoms with Crippen molar-refractivity contribution in [2.75, 3.05) is 0 Å². The van der Waals surface area contributed by atoms with Crippen LogP contribution in [0.15, 0.2) is 0 Å². The van der Waals surface area contributed by atoms with E-state index in [1.165, 1.54) is 0 Å². The van der Waals surface area contributed by atoms with Gasteiger partial charge in [-0.2, -0.15) is 13.2 Å². The highest BCUT2D eigenvalue weighted by Crippen LogP contribution is 2.33. The zero-order valence-corrected chi connectivity index (χ0v) is 8.24. The molecule has 0 aliphatic carbocycles. The van der Waals surface area contributed by atoms with Gasteiger partial charge in [0.05, 0.1) is 11.8 Å². The van der Waals surface area contributed by atoms with Gasteiger partial charge in [0.2, 0.25) is 0 Å². The molecule has 0 radical (unpaired) electrons. The monoisotopic (exact) mass is 240 g/mol. The van der Waals surface area contributed by atoms with Gasteiger partial charge < -0.3 is 14.7 Å². The average molecular weight is 240 g/mol. The van der Waals surface area contributed by atoms with Crippen molar-refractivity contribution in [1.29, 1.82) is 0 Å². The van der Waals surface area contributed by atoms with E-state index in [4.69, 9.17) is 5.11 Å². The summed E-state index contributed by atoms with van der Waals surface area (Å²) in [5.74, 6) is -4.87. The number of hydrogen-bond acceptors (Lipinski definition) is 3. The molecule has 0 bridgehead atoms. The van der Waals surface area contributed by atoms with Crippen molar-refractivity contribution in [2.45, 2.75) is 25.4 Å². The minimum Gasteiger partial charge on any atom is -0.481 e. The summed E-state index contributed by atoms with van der Waals surface area (Å²) in [4.78, 5) is 30.7. The first-order valence-electron chi connectivity index (χ1n) is 4.49. The number of carboxylic acids is 1. The molecule has 0 aliphatic heterocycles. The zero-order valence-electron chi connectivity index (χ0n) is 8.24. The van der Waals surface area contributed by atoms with Crippen LogP contribution in [0.3, 0.4) is 0 Å². The lowest BCUT2D eigenvalue weighted by atomic mass is 9.90. The quantitative estimate of drug-likeness (QED) is 0.683. The highest BCUT2D eigenvalue weighted by atomic mass is 19.4. The van der Waals surface area contributed by atoms with Crippen molar-refractivity contribution in [1.82, 2.24) is 0 Å². The third-order valence-electron chi connectivity index (χ3n) is 2.14. The summed E-state index contributed by atoms with van der Waals surface area (Å²) in [6.07, 6.45) is -6.30. The molecule has 0 rings (SSSR count). The predicted molar refractivity (Wildman–Crippen MR) is 46.6 cm³/mol. The predicted octanol–water partition coefficient (Wildman–Crippen LogP) is 1.43. The van der Waals surface area contributed by atoms with Gasteiger partial charge in [0, 0.05) is 12.8 Å². The van der Waals surface area contributed by atoms with E-state index < -0.39 is 43.2 Å². The molecule has 0 aliphatic rings. The van der Waals surface area contributed by atoms with Crippen LogP contribution >= 0.6 is 0 Å². The molecule has 0 fully saturated rings. The second-order valence-corrected chi connectivity index (χ2v) is 3.31. The van der Waals surface area contributed by atoms with Crippen LogP contribution in [-0.2, 0) is 14.4 Å². The van der Waals surface area contributed by atoms with E-state index >= 15 is 0 Å². The van der Waals surface area contributed by atoms with Gasteiger partial charge in [-0.3, -0.25) is 4.79 Å². The number of halogens is 3. The van der Waals surface area contributed by atoms with Crippen molar-refractivity contribution in [3.63, 3.8) is 0 Å². The van der Waals surface area contributed by atoms with E-state index in [1.54, 1.807) is 0 Å². The Morgan fingerprint density at radius 2 is 1.69 bits per heavy atom. The number of aldehydes is 2. The van der Waals surface area contributed by atoms with Crippen LogP contribution in [0.2, 0.25) is 0 Å². The summed E-state index contributed by atoms with van der Waals surface area (Å²) in [7, 11) is 0.